The third-order valence-corrected chi connectivity index (χ3v) is 3.11. The largest absolute Gasteiger partial charge is 0.463 e. The van der Waals surface area contributed by atoms with Crippen molar-refractivity contribution in [1.82, 2.24) is 9.55 Å². The summed E-state index contributed by atoms with van der Waals surface area (Å²) in [5.41, 5.74) is 6.08. The van der Waals surface area contributed by atoms with Gasteiger partial charge in [-0.05, 0) is 19.8 Å². The van der Waals surface area contributed by atoms with E-state index in [2.05, 4.69) is 11.9 Å². The summed E-state index contributed by atoms with van der Waals surface area (Å²) in [4.78, 5) is 4.16. The Labute approximate surface area is 90.4 Å². The molecule has 1 aliphatic carbocycles. The molecule has 0 aromatic carbocycles. The predicted octanol–water partition coefficient (Wildman–Crippen LogP) is 1.55. The van der Waals surface area contributed by atoms with Gasteiger partial charge < -0.3 is 15.0 Å². The highest BCUT2D eigenvalue weighted by atomic mass is 16.5. The number of nitrogens with zero attached hydrogens (tertiary/aromatic N) is 2. The van der Waals surface area contributed by atoms with Crippen LogP contribution in [0.15, 0.2) is 12.4 Å². The van der Waals surface area contributed by atoms with E-state index in [-0.39, 0.29) is 5.54 Å². The molecule has 1 aliphatic rings. The number of hydrogen-bond donors (Lipinski definition) is 1. The molecular formula is C11H19N3O. The van der Waals surface area contributed by atoms with Crippen LogP contribution in [-0.4, -0.2) is 21.7 Å². The molecule has 0 aliphatic heterocycles. The molecule has 1 aromatic heterocycles. The highest BCUT2D eigenvalue weighted by molar-refractivity contribution is 5.00. The van der Waals surface area contributed by atoms with Crippen molar-refractivity contribution in [3.63, 3.8) is 0 Å². The van der Waals surface area contributed by atoms with Gasteiger partial charge in [0, 0.05) is 18.9 Å². The maximum atomic E-state index is 6.21. The highest BCUT2D eigenvalue weighted by Crippen LogP contribution is 2.27. The molecule has 0 bridgehead atoms. The van der Waals surface area contributed by atoms with Crippen molar-refractivity contribution >= 4 is 0 Å². The molecule has 0 saturated heterocycles. The van der Waals surface area contributed by atoms with Gasteiger partial charge in [0.15, 0.2) is 0 Å². The van der Waals surface area contributed by atoms with Gasteiger partial charge in [-0.25, -0.2) is 4.98 Å². The molecule has 4 nitrogen and oxygen atoms in total. The Morgan fingerprint density at radius 2 is 2.27 bits per heavy atom. The molecule has 0 spiro atoms. The van der Waals surface area contributed by atoms with E-state index in [9.17, 15) is 0 Å². The number of aromatic nitrogens is 2. The zero-order valence-electron chi connectivity index (χ0n) is 9.28. The van der Waals surface area contributed by atoms with Gasteiger partial charge in [-0.1, -0.05) is 12.8 Å². The van der Waals surface area contributed by atoms with Crippen LogP contribution in [0.25, 0.3) is 0 Å². The summed E-state index contributed by atoms with van der Waals surface area (Å²) < 4.78 is 7.67. The summed E-state index contributed by atoms with van der Waals surface area (Å²) in [6, 6.07) is 0.689. The maximum absolute atomic E-state index is 6.21. The monoisotopic (exact) mass is 209 g/mol. The molecule has 0 unspecified atom stereocenters. The molecule has 84 valence electrons. The second-order valence-corrected chi connectivity index (χ2v) is 4.35. The normalized spacial score (nSPS) is 19.3. The molecule has 2 N–H and O–H groups in total. The van der Waals surface area contributed by atoms with Crippen LogP contribution < -0.4 is 10.5 Å². The zero-order valence-corrected chi connectivity index (χ0v) is 9.28. The lowest BCUT2D eigenvalue weighted by molar-refractivity contribution is 0.199. The van der Waals surface area contributed by atoms with Gasteiger partial charge in [0.1, 0.15) is 6.61 Å². The number of imidazole rings is 1. The quantitative estimate of drug-likeness (QED) is 0.818. The summed E-state index contributed by atoms with van der Waals surface area (Å²) >= 11 is 0. The van der Waals surface area contributed by atoms with Crippen LogP contribution in [0.1, 0.15) is 32.6 Å². The Kier molecular flexibility index (Phi) is 2.95. The molecule has 4 heteroatoms. The fourth-order valence-corrected chi connectivity index (χ4v) is 2.11. The summed E-state index contributed by atoms with van der Waals surface area (Å²) in [6.07, 6.45) is 8.27. The van der Waals surface area contributed by atoms with E-state index in [4.69, 9.17) is 10.5 Å². The van der Waals surface area contributed by atoms with Crippen LogP contribution in [0.4, 0.5) is 0 Å². The summed E-state index contributed by atoms with van der Waals surface area (Å²) in [6.45, 7) is 3.54. The smallest absolute Gasteiger partial charge is 0.296 e. The zero-order chi connectivity index (χ0) is 10.7. The topological polar surface area (TPSA) is 53.1 Å². The van der Waals surface area contributed by atoms with Crippen LogP contribution in [0, 0.1) is 0 Å². The van der Waals surface area contributed by atoms with E-state index in [0.717, 1.165) is 19.4 Å². The highest BCUT2D eigenvalue weighted by Gasteiger charge is 2.30. The molecule has 0 radical (unpaired) electrons. The van der Waals surface area contributed by atoms with Crippen LogP contribution in [-0.2, 0) is 6.54 Å². The van der Waals surface area contributed by atoms with Crippen molar-refractivity contribution in [1.29, 1.82) is 0 Å². The van der Waals surface area contributed by atoms with Crippen LogP contribution in [0.2, 0.25) is 0 Å². The number of aryl methyl sites for hydroxylation is 1. The van der Waals surface area contributed by atoms with Crippen molar-refractivity contribution in [3.05, 3.63) is 12.4 Å². The van der Waals surface area contributed by atoms with Crippen molar-refractivity contribution in [2.75, 3.05) is 6.61 Å². The predicted molar refractivity (Wildman–Crippen MR) is 58.8 cm³/mol. The second-order valence-electron chi connectivity index (χ2n) is 4.35. The van der Waals surface area contributed by atoms with Gasteiger partial charge in [0.25, 0.3) is 6.01 Å². The van der Waals surface area contributed by atoms with Gasteiger partial charge in [-0.2, -0.15) is 0 Å². The van der Waals surface area contributed by atoms with Crippen molar-refractivity contribution < 1.29 is 4.74 Å². The Hall–Kier alpha value is -1.03. The SMILES string of the molecule is CCn1ccnc1OCC1(N)CCCC1. The summed E-state index contributed by atoms with van der Waals surface area (Å²) in [5, 5.41) is 0. The van der Waals surface area contributed by atoms with E-state index in [1.165, 1.54) is 12.8 Å². The van der Waals surface area contributed by atoms with E-state index in [1.54, 1.807) is 6.20 Å². The molecule has 1 heterocycles. The van der Waals surface area contributed by atoms with Crippen molar-refractivity contribution in [3.8, 4) is 6.01 Å². The number of rotatable bonds is 4. The van der Waals surface area contributed by atoms with E-state index in [1.807, 2.05) is 10.8 Å². The minimum atomic E-state index is -0.121. The van der Waals surface area contributed by atoms with E-state index < -0.39 is 0 Å². The lowest BCUT2D eigenvalue weighted by Crippen LogP contribution is -2.42. The average molecular weight is 209 g/mol. The molecule has 1 saturated carbocycles. The minimum absolute atomic E-state index is 0.121. The molecule has 0 atom stereocenters. The van der Waals surface area contributed by atoms with Gasteiger partial charge >= 0.3 is 0 Å². The first-order chi connectivity index (χ1) is 7.23. The standard InChI is InChI=1S/C11H19N3O/c1-2-14-8-7-13-10(14)15-9-11(12)5-3-4-6-11/h7-8H,2-6,9,12H2,1H3. The van der Waals surface area contributed by atoms with E-state index >= 15 is 0 Å². The molecular weight excluding hydrogens is 190 g/mol. The lowest BCUT2D eigenvalue weighted by atomic mass is 10.0. The van der Waals surface area contributed by atoms with Gasteiger partial charge in [0.2, 0.25) is 0 Å². The third-order valence-electron chi connectivity index (χ3n) is 3.11. The second kappa shape index (κ2) is 4.23. The van der Waals surface area contributed by atoms with Gasteiger partial charge in [-0.15, -0.1) is 0 Å². The van der Waals surface area contributed by atoms with Crippen LogP contribution >= 0.6 is 0 Å². The number of nitrogens with two attached hydrogens (primary N) is 1. The fraction of sp³-hybridized carbons (Fsp3) is 0.727. The molecule has 1 fully saturated rings. The Balaban J connectivity index is 1.92. The molecule has 15 heavy (non-hydrogen) atoms. The Bertz CT molecular complexity index is 315. The lowest BCUT2D eigenvalue weighted by Gasteiger charge is -2.23. The maximum Gasteiger partial charge on any atom is 0.296 e. The van der Waals surface area contributed by atoms with Gasteiger partial charge in [0.05, 0.1) is 5.54 Å². The molecule has 1 aromatic rings. The molecule has 0 amide bonds. The summed E-state index contributed by atoms with van der Waals surface area (Å²) in [7, 11) is 0. The average Bonchev–Trinajstić information content (AvgIpc) is 2.84. The van der Waals surface area contributed by atoms with E-state index in [0.29, 0.717) is 12.6 Å². The Morgan fingerprint density at radius 1 is 1.53 bits per heavy atom. The molecule has 2 rings (SSSR count). The Morgan fingerprint density at radius 3 is 2.93 bits per heavy atom. The van der Waals surface area contributed by atoms with Crippen LogP contribution in [0.3, 0.4) is 0 Å². The first-order valence-electron chi connectivity index (χ1n) is 5.66. The number of hydrogen-bond acceptors (Lipinski definition) is 3. The van der Waals surface area contributed by atoms with Crippen LogP contribution in [0.5, 0.6) is 6.01 Å². The first-order valence-corrected chi connectivity index (χ1v) is 5.66. The third kappa shape index (κ3) is 2.31. The number of ether oxygens (including phenoxy) is 1. The minimum Gasteiger partial charge on any atom is -0.463 e. The van der Waals surface area contributed by atoms with Crippen molar-refractivity contribution in [2.45, 2.75) is 44.7 Å². The first kappa shape index (κ1) is 10.5. The van der Waals surface area contributed by atoms with Crippen molar-refractivity contribution in [2.24, 2.45) is 5.73 Å². The summed E-state index contributed by atoms with van der Waals surface area (Å²) in [5.74, 6) is 0. The van der Waals surface area contributed by atoms with Gasteiger partial charge in [-0.3, -0.25) is 0 Å². The fourth-order valence-electron chi connectivity index (χ4n) is 2.11.